The quantitative estimate of drug-likeness (QED) is 0.899. The van der Waals surface area contributed by atoms with Gasteiger partial charge in [-0.3, -0.25) is 9.59 Å². The van der Waals surface area contributed by atoms with Gasteiger partial charge < -0.3 is 15.0 Å². The number of nitrogens with one attached hydrogen (secondary N) is 1. The molecule has 2 aromatic rings. The Labute approximate surface area is 154 Å². The van der Waals surface area contributed by atoms with E-state index in [9.17, 15) is 9.59 Å². The molecule has 2 amide bonds. The first-order valence-electron chi connectivity index (χ1n) is 8.92. The summed E-state index contributed by atoms with van der Waals surface area (Å²) in [7, 11) is 1.62. The first-order valence-corrected chi connectivity index (χ1v) is 8.92. The Morgan fingerprint density at radius 1 is 1.04 bits per heavy atom. The number of likely N-dealkylation sites (tertiary alicyclic amines) is 1. The van der Waals surface area contributed by atoms with Gasteiger partial charge in [0.05, 0.1) is 13.5 Å². The van der Waals surface area contributed by atoms with Gasteiger partial charge in [0.25, 0.3) is 0 Å². The Bertz CT molecular complexity index is 736. The van der Waals surface area contributed by atoms with Crippen molar-refractivity contribution >= 4 is 17.5 Å². The van der Waals surface area contributed by atoms with Crippen LogP contribution in [0.5, 0.6) is 5.75 Å². The molecule has 2 aromatic carbocycles. The third-order valence-electron chi connectivity index (χ3n) is 4.77. The van der Waals surface area contributed by atoms with Gasteiger partial charge in [0.1, 0.15) is 5.75 Å². The van der Waals surface area contributed by atoms with Crippen molar-refractivity contribution in [3.05, 3.63) is 60.2 Å². The zero-order chi connectivity index (χ0) is 18.4. The Morgan fingerprint density at radius 2 is 1.69 bits per heavy atom. The average molecular weight is 352 g/mol. The van der Waals surface area contributed by atoms with E-state index in [1.54, 1.807) is 7.11 Å². The molecular formula is C21H24N2O3. The standard InChI is InChI=1S/C21H24N2O3/c1-26-19-9-7-16(8-10-19)15-20(24)23-13-11-17(12-14-23)21(25)22-18-5-3-2-4-6-18/h2-10,17H,11-15H2,1H3,(H,22,25). The highest BCUT2D eigenvalue weighted by molar-refractivity contribution is 5.92. The minimum absolute atomic E-state index is 0.0402. The van der Waals surface area contributed by atoms with E-state index < -0.39 is 0 Å². The van der Waals surface area contributed by atoms with Crippen molar-refractivity contribution in [3.8, 4) is 5.75 Å². The highest BCUT2D eigenvalue weighted by atomic mass is 16.5. The number of piperidine rings is 1. The highest BCUT2D eigenvalue weighted by Crippen LogP contribution is 2.20. The van der Waals surface area contributed by atoms with E-state index in [-0.39, 0.29) is 17.7 Å². The third-order valence-corrected chi connectivity index (χ3v) is 4.77. The Kier molecular flexibility index (Phi) is 5.89. The van der Waals surface area contributed by atoms with Crippen LogP contribution in [0.2, 0.25) is 0 Å². The maximum Gasteiger partial charge on any atom is 0.227 e. The molecule has 0 spiro atoms. The number of carbonyl (C=O) groups is 2. The molecule has 0 aromatic heterocycles. The molecule has 1 fully saturated rings. The first kappa shape index (κ1) is 18.0. The summed E-state index contributed by atoms with van der Waals surface area (Å²) in [6.07, 6.45) is 1.78. The Hall–Kier alpha value is -2.82. The molecule has 5 heteroatoms. The van der Waals surface area contributed by atoms with Gasteiger partial charge in [0.2, 0.25) is 11.8 Å². The molecule has 0 aliphatic carbocycles. The predicted octanol–water partition coefficient (Wildman–Crippen LogP) is 3.12. The van der Waals surface area contributed by atoms with E-state index >= 15 is 0 Å². The summed E-state index contributed by atoms with van der Waals surface area (Å²) in [5.74, 6) is 0.891. The average Bonchev–Trinajstić information content (AvgIpc) is 2.69. The van der Waals surface area contributed by atoms with E-state index in [2.05, 4.69) is 5.32 Å². The van der Waals surface area contributed by atoms with Crippen molar-refractivity contribution in [2.45, 2.75) is 19.3 Å². The van der Waals surface area contributed by atoms with Gasteiger partial charge >= 0.3 is 0 Å². The number of nitrogens with zero attached hydrogens (tertiary/aromatic N) is 1. The molecule has 1 heterocycles. The number of carbonyl (C=O) groups excluding carboxylic acids is 2. The van der Waals surface area contributed by atoms with Crippen LogP contribution in [0, 0.1) is 5.92 Å². The SMILES string of the molecule is COc1ccc(CC(=O)N2CCC(C(=O)Nc3ccccc3)CC2)cc1. The molecule has 0 unspecified atom stereocenters. The summed E-state index contributed by atoms with van der Waals surface area (Å²) in [4.78, 5) is 26.7. The Morgan fingerprint density at radius 3 is 2.31 bits per heavy atom. The number of hydrogen-bond acceptors (Lipinski definition) is 3. The molecule has 0 radical (unpaired) electrons. The van der Waals surface area contributed by atoms with Gasteiger partial charge in [-0.1, -0.05) is 30.3 Å². The van der Waals surface area contributed by atoms with E-state index in [4.69, 9.17) is 4.74 Å². The zero-order valence-electron chi connectivity index (χ0n) is 15.0. The fourth-order valence-corrected chi connectivity index (χ4v) is 3.19. The van der Waals surface area contributed by atoms with Crippen LogP contribution in [0.1, 0.15) is 18.4 Å². The van der Waals surface area contributed by atoms with Crippen LogP contribution in [0.4, 0.5) is 5.69 Å². The van der Waals surface area contributed by atoms with Gasteiger partial charge in [-0.15, -0.1) is 0 Å². The predicted molar refractivity (Wildman–Crippen MR) is 101 cm³/mol. The van der Waals surface area contributed by atoms with Crippen molar-refractivity contribution in [2.75, 3.05) is 25.5 Å². The highest BCUT2D eigenvalue weighted by Gasteiger charge is 2.27. The molecule has 0 atom stereocenters. The van der Waals surface area contributed by atoms with Crippen molar-refractivity contribution in [3.63, 3.8) is 0 Å². The molecule has 136 valence electrons. The normalized spacial score (nSPS) is 14.7. The summed E-state index contributed by atoms with van der Waals surface area (Å²) in [5, 5.41) is 2.95. The van der Waals surface area contributed by atoms with Crippen LogP contribution >= 0.6 is 0 Å². The summed E-state index contributed by atoms with van der Waals surface area (Å²) >= 11 is 0. The fourth-order valence-electron chi connectivity index (χ4n) is 3.19. The fraction of sp³-hybridized carbons (Fsp3) is 0.333. The molecular weight excluding hydrogens is 328 g/mol. The minimum atomic E-state index is -0.0414. The van der Waals surface area contributed by atoms with Crippen molar-refractivity contribution in [1.29, 1.82) is 0 Å². The number of anilines is 1. The van der Waals surface area contributed by atoms with Crippen LogP contribution < -0.4 is 10.1 Å². The number of methoxy groups -OCH3 is 1. The lowest BCUT2D eigenvalue weighted by molar-refractivity contribution is -0.133. The zero-order valence-corrected chi connectivity index (χ0v) is 15.0. The smallest absolute Gasteiger partial charge is 0.227 e. The number of amides is 2. The van der Waals surface area contributed by atoms with Crippen molar-refractivity contribution < 1.29 is 14.3 Å². The van der Waals surface area contributed by atoms with E-state index in [1.807, 2.05) is 59.5 Å². The molecule has 5 nitrogen and oxygen atoms in total. The number of ether oxygens (including phenoxy) is 1. The monoisotopic (exact) mass is 352 g/mol. The Balaban J connectivity index is 1.48. The number of benzene rings is 2. The molecule has 1 aliphatic rings. The molecule has 26 heavy (non-hydrogen) atoms. The van der Waals surface area contributed by atoms with Crippen molar-refractivity contribution in [1.82, 2.24) is 4.90 Å². The second-order valence-electron chi connectivity index (χ2n) is 6.54. The van der Waals surface area contributed by atoms with Crippen LogP contribution in [0.25, 0.3) is 0 Å². The van der Waals surface area contributed by atoms with E-state index in [0.717, 1.165) is 17.0 Å². The van der Waals surface area contributed by atoms with Gasteiger partial charge in [-0.25, -0.2) is 0 Å². The lowest BCUT2D eigenvalue weighted by Crippen LogP contribution is -2.42. The van der Waals surface area contributed by atoms with E-state index in [1.165, 1.54) is 0 Å². The topological polar surface area (TPSA) is 58.6 Å². The molecule has 1 saturated heterocycles. The maximum atomic E-state index is 12.5. The van der Waals surface area contributed by atoms with Crippen LogP contribution in [-0.2, 0) is 16.0 Å². The summed E-state index contributed by atoms with van der Waals surface area (Å²) in [6.45, 7) is 1.25. The lowest BCUT2D eigenvalue weighted by Gasteiger charge is -2.31. The number of hydrogen-bond donors (Lipinski definition) is 1. The second-order valence-corrected chi connectivity index (χ2v) is 6.54. The number of para-hydroxylation sites is 1. The van der Waals surface area contributed by atoms with E-state index in [0.29, 0.717) is 32.4 Å². The molecule has 3 rings (SSSR count). The van der Waals surface area contributed by atoms with Gasteiger partial charge in [-0.05, 0) is 42.7 Å². The summed E-state index contributed by atoms with van der Waals surface area (Å²) < 4.78 is 5.13. The van der Waals surface area contributed by atoms with Crippen LogP contribution in [0.3, 0.4) is 0 Å². The maximum absolute atomic E-state index is 12.5. The van der Waals surface area contributed by atoms with Gasteiger partial charge in [0.15, 0.2) is 0 Å². The second kappa shape index (κ2) is 8.52. The molecule has 0 bridgehead atoms. The first-order chi connectivity index (χ1) is 12.7. The van der Waals surface area contributed by atoms with Crippen LogP contribution in [0.15, 0.2) is 54.6 Å². The van der Waals surface area contributed by atoms with Gasteiger partial charge in [-0.2, -0.15) is 0 Å². The number of rotatable bonds is 5. The van der Waals surface area contributed by atoms with Crippen LogP contribution in [-0.4, -0.2) is 36.9 Å². The summed E-state index contributed by atoms with van der Waals surface area (Å²) in [6, 6.07) is 17.0. The molecule has 0 saturated carbocycles. The minimum Gasteiger partial charge on any atom is -0.497 e. The van der Waals surface area contributed by atoms with Gasteiger partial charge in [0, 0.05) is 24.7 Å². The molecule has 1 aliphatic heterocycles. The summed E-state index contributed by atoms with van der Waals surface area (Å²) in [5.41, 5.74) is 1.79. The third kappa shape index (κ3) is 4.63. The van der Waals surface area contributed by atoms with Crippen molar-refractivity contribution in [2.24, 2.45) is 5.92 Å². The molecule has 1 N–H and O–H groups in total. The largest absolute Gasteiger partial charge is 0.497 e. The lowest BCUT2D eigenvalue weighted by atomic mass is 9.95.